The Balaban J connectivity index is 2.04. The second-order valence-electron chi connectivity index (χ2n) is 4.73. The molecule has 6 nitrogen and oxygen atoms in total. The molecule has 0 saturated heterocycles. The Hall–Kier alpha value is -2.34. The lowest BCUT2D eigenvalue weighted by Gasteiger charge is -2.11. The maximum absolute atomic E-state index is 8.92. The molecular weight excluding hydrogens is 292 g/mol. The van der Waals surface area contributed by atoms with Crippen molar-refractivity contribution >= 4 is 17.4 Å². The Bertz CT molecular complexity index is 718. The molecule has 7 heteroatoms. The van der Waals surface area contributed by atoms with Gasteiger partial charge in [-0.3, -0.25) is 4.98 Å². The summed E-state index contributed by atoms with van der Waals surface area (Å²) in [4.78, 5) is 8.43. The highest BCUT2D eigenvalue weighted by Crippen LogP contribution is 2.30. The van der Waals surface area contributed by atoms with Gasteiger partial charge in [0.25, 0.3) is 0 Å². The van der Waals surface area contributed by atoms with Gasteiger partial charge in [0.2, 0.25) is 5.88 Å². The lowest BCUT2D eigenvalue weighted by atomic mass is 10.1. The van der Waals surface area contributed by atoms with Crippen molar-refractivity contribution < 1.29 is 9.94 Å². The quantitative estimate of drug-likeness (QED) is 0.393. The van der Waals surface area contributed by atoms with Crippen molar-refractivity contribution in [3.63, 3.8) is 0 Å². The molecule has 2 aromatic rings. The maximum atomic E-state index is 8.92. The standard InChI is InChI=1S/C14H13ClN4O2/c15-9-5-10(7-17-6-9)21-14-11(13(16)19-20)4-8-2-1-3-12(8)18-14/h4-7,20H,1-3H2,(H2,16,19). The molecule has 3 N–H and O–H groups in total. The van der Waals surface area contributed by atoms with Crippen molar-refractivity contribution in [1.82, 2.24) is 9.97 Å². The minimum Gasteiger partial charge on any atom is -0.437 e. The molecule has 0 atom stereocenters. The van der Waals surface area contributed by atoms with Crippen LogP contribution in [-0.2, 0) is 12.8 Å². The first-order valence-corrected chi connectivity index (χ1v) is 6.84. The van der Waals surface area contributed by atoms with E-state index >= 15 is 0 Å². The minimum atomic E-state index is -0.0396. The van der Waals surface area contributed by atoms with Crippen LogP contribution in [0.25, 0.3) is 0 Å². The van der Waals surface area contributed by atoms with Gasteiger partial charge in [-0.05, 0) is 30.9 Å². The average molecular weight is 305 g/mol. The molecular formula is C14H13ClN4O2. The summed E-state index contributed by atoms with van der Waals surface area (Å²) in [6.45, 7) is 0. The number of oxime groups is 1. The fourth-order valence-electron chi connectivity index (χ4n) is 2.33. The van der Waals surface area contributed by atoms with Gasteiger partial charge in [-0.15, -0.1) is 0 Å². The van der Waals surface area contributed by atoms with Crippen molar-refractivity contribution in [2.75, 3.05) is 0 Å². The number of rotatable bonds is 3. The molecule has 2 aromatic heterocycles. The van der Waals surface area contributed by atoms with Gasteiger partial charge in [0.15, 0.2) is 5.84 Å². The molecule has 1 aliphatic carbocycles. The molecule has 0 fully saturated rings. The van der Waals surface area contributed by atoms with Gasteiger partial charge in [0.05, 0.1) is 16.8 Å². The van der Waals surface area contributed by atoms with Crippen LogP contribution in [0.3, 0.4) is 0 Å². The number of nitrogens with two attached hydrogens (primary N) is 1. The molecule has 0 unspecified atom stereocenters. The first-order chi connectivity index (χ1) is 10.2. The molecule has 0 aliphatic heterocycles. The van der Waals surface area contributed by atoms with Crippen LogP contribution < -0.4 is 10.5 Å². The number of aromatic nitrogens is 2. The van der Waals surface area contributed by atoms with Gasteiger partial charge in [-0.2, -0.15) is 0 Å². The van der Waals surface area contributed by atoms with E-state index in [1.807, 2.05) is 6.07 Å². The molecule has 3 rings (SSSR count). The van der Waals surface area contributed by atoms with E-state index in [-0.39, 0.29) is 11.7 Å². The van der Waals surface area contributed by atoms with Gasteiger partial charge >= 0.3 is 0 Å². The van der Waals surface area contributed by atoms with E-state index in [4.69, 9.17) is 27.3 Å². The number of amidine groups is 1. The molecule has 1 aliphatic rings. The van der Waals surface area contributed by atoms with Crippen LogP contribution in [0.5, 0.6) is 11.6 Å². The first kappa shape index (κ1) is 13.6. The van der Waals surface area contributed by atoms with Crippen LogP contribution in [0.4, 0.5) is 0 Å². The molecule has 108 valence electrons. The summed E-state index contributed by atoms with van der Waals surface area (Å²) in [6.07, 6.45) is 5.91. The van der Waals surface area contributed by atoms with Crippen LogP contribution in [0, 0.1) is 0 Å². The smallest absolute Gasteiger partial charge is 0.230 e. The van der Waals surface area contributed by atoms with Crippen LogP contribution in [0.15, 0.2) is 29.7 Å². The third-order valence-electron chi connectivity index (χ3n) is 3.29. The fourth-order valence-corrected chi connectivity index (χ4v) is 2.49. The molecule has 0 bridgehead atoms. The van der Waals surface area contributed by atoms with Crippen molar-refractivity contribution in [1.29, 1.82) is 0 Å². The third-order valence-corrected chi connectivity index (χ3v) is 3.50. The number of pyridine rings is 2. The summed E-state index contributed by atoms with van der Waals surface area (Å²) in [7, 11) is 0. The Morgan fingerprint density at radius 3 is 2.95 bits per heavy atom. The Kier molecular flexibility index (Phi) is 3.62. The monoisotopic (exact) mass is 304 g/mol. The zero-order chi connectivity index (χ0) is 14.8. The van der Waals surface area contributed by atoms with E-state index in [0.717, 1.165) is 30.5 Å². The van der Waals surface area contributed by atoms with E-state index in [0.29, 0.717) is 16.3 Å². The van der Waals surface area contributed by atoms with Crippen molar-refractivity contribution in [2.24, 2.45) is 10.9 Å². The average Bonchev–Trinajstić information content (AvgIpc) is 2.93. The Labute approximate surface area is 126 Å². The van der Waals surface area contributed by atoms with Gasteiger partial charge in [-0.1, -0.05) is 16.8 Å². The summed E-state index contributed by atoms with van der Waals surface area (Å²) in [5.74, 6) is 0.692. The van der Waals surface area contributed by atoms with E-state index in [1.54, 1.807) is 6.07 Å². The van der Waals surface area contributed by atoms with Crippen LogP contribution in [0.1, 0.15) is 23.2 Å². The summed E-state index contributed by atoms with van der Waals surface area (Å²) < 4.78 is 5.71. The second-order valence-corrected chi connectivity index (χ2v) is 5.16. The minimum absolute atomic E-state index is 0.0396. The molecule has 0 radical (unpaired) electrons. The zero-order valence-corrected chi connectivity index (χ0v) is 11.8. The molecule has 0 amide bonds. The number of halogens is 1. The predicted molar refractivity (Wildman–Crippen MR) is 78.1 cm³/mol. The summed E-state index contributed by atoms with van der Waals surface area (Å²) in [5.41, 5.74) is 8.25. The molecule has 0 saturated carbocycles. The molecule has 2 heterocycles. The highest BCUT2D eigenvalue weighted by atomic mass is 35.5. The topological polar surface area (TPSA) is 93.6 Å². The maximum Gasteiger partial charge on any atom is 0.230 e. The zero-order valence-electron chi connectivity index (χ0n) is 11.1. The summed E-state index contributed by atoms with van der Waals surface area (Å²) in [5, 5.41) is 12.4. The van der Waals surface area contributed by atoms with Gasteiger partial charge in [-0.25, -0.2) is 4.98 Å². The number of fused-ring (bicyclic) bond motifs is 1. The predicted octanol–water partition coefficient (Wildman–Crippen LogP) is 2.51. The SMILES string of the molecule is NC(=NO)c1cc2c(nc1Oc1cncc(Cl)c1)CCC2. The van der Waals surface area contributed by atoms with E-state index in [2.05, 4.69) is 15.1 Å². The Morgan fingerprint density at radius 2 is 2.19 bits per heavy atom. The van der Waals surface area contributed by atoms with Crippen LogP contribution in [0.2, 0.25) is 5.02 Å². The molecule has 0 aromatic carbocycles. The fraction of sp³-hybridized carbons (Fsp3) is 0.214. The van der Waals surface area contributed by atoms with E-state index in [9.17, 15) is 0 Å². The molecule has 0 spiro atoms. The van der Waals surface area contributed by atoms with Gasteiger partial charge in [0, 0.05) is 18.0 Å². The van der Waals surface area contributed by atoms with Gasteiger partial charge < -0.3 is 15.7 Å². The largest absolute Gasteiger partial charge is 0.437 e. The Morgan fingerprint density at radius 1 is 1.33 bits per heavy atom. The highest BCUT2D eigenvalue weighted by molar-refractivity contribution is 6.30. The van der Waals surface area contributed by atoms with Crippen molar-refractivity contribution in [3.05, 3.63) is 46.4 Å². The van der Waals surface area contributed by atoms with Gasteiger partial charge in [0.1, 0.15) is 5.75 Å². The number of hydrogen-bond acceptors (Lipinski definition) is 5. The van der Waals surface area contributed by atoms with Crippen molar-refractivity contribution in [3.8, 4) is 11.6 Å². The second kappa shape index (κ2) is 5.57. The van der Waals surface area contributed by atoms with Crippen LogP contribution in [-0.4, -0.2) is 21.0 Å². The molecule has 21 heavy (non-hydrogen) atoms. The summed E-state index contributed by atoms with van der Waals surface area (Å²) >= 11 is 5.88. The first-order valence-electron chi connectivity index (χ1n) is 6.46. The lowest BCUT2D eigenvalue weighted by molar-refractivity contribution is 0.318. The number of aryl methyl sites for hydroxylation is 2. The van der Waals surface area contributed by atoms with E-state index in [1.165, 1.54) is 12.4 Å². The number of ether oxygens (including phenoxy) is 1. The summed E-state index contributed by atoms with van der Waals surface area (Å²) in [6, 6.07) is 3.48. The van der Waals surface area contributed by atoms with Crippen molar-refractivity contribution in [2.45, 2.75) is 19.3 Å². The lowest BCUT2D eigenvalue weighted by Crippen LogP contribution is -2.16. The van der Waals surface area contributed by atoms with E-state index < -0.39 is 0 Å². The highest BCUT2D eigenvalue weighted by Gasteiger charge is 2.20. The number of nitrogens with zero attached hydrogens (tertiary/aromatic N) is 3. The normalized spacial score (nSPS) is 14.0. The van der Waals surface area contributed by atoms with Crippen LogP contribution >= 0.6 is 11.6 Å². The third kappa shape index (κ3) is 2.75. The number of hydrogen-bond donors (Lipinski definition) is 2.